The molecule has 0 aromatic carbocycles. The zero-order valence-electron chi connectivity index (χ0n) is 9.59. The third-order valence-corrected chi connectivity index (χ3v) is 4.53. The van der Waals surface area contributed by atoms with Gasteiger partial charge in [0.15, 0.2) is 5.03 Å². The van der Waals surface area contributed by atoms with E-state index in [1.165, 1.54) is 17.1 Å². The second kappa shape index (κ2) is 4.34. The maximum Gasteiger partial charge on any atom is 0.322 e. The molecule has 1 aromatic rings. The highest BCUT2D eigenvalue weighted by atomic mass is 32.2. The molecule has 2 rings (SSSR count). The van der Waals surface area contributed by atoms with Gasteiger partial charge in [-0.3, -0.25) is 4.79 Å². The Balaban J connectivity index is 2.38. The molecule has 0 radical (unpaired) electrons. The number of sulfonamides is 1. The number of rotatable bonds is 3. The quantitative estimate of drug-likeness (QED) is 0.703. The van der Waals surface area contributed by atoms with Crippen LogP contribution in [0.5, 0.6) is 0 Å². The molecule has 1 aliphatic rings. The first kappa shape index (κ1) is 13.0. The summed E-state index contributed by atoms with van der Waals surface area (Å²) in [5.74, 6) is -1.27. The van der Waals surface area contributed by atoms with Crippen LogP contribution in [-0.2, 0) is 21.9 Å². The van der Waals surface area contributed by atoms with Gasteiger partial charge < -0.3 is 14.8 Å². The summed E-state index contributed by atoms with van der Waals surface area (Å²) in [6, 6.07) is -1.24. The predicted octanol–water partition coefficient (Wildman–Crippen LogP) is -1.37. The van der Waals surface area contributed by atoms with E-state index in [-0.39, 0.29) is 18.0 Å². The van der Waals surface area contributed by atoms with Crippen molar-refractivity contribution in [3.8, 4) is 0 Å². The van der Waals surface area contributed by atoms with E-state index in [0.717, 1.165) is 4.31 Å². The smallest absolute Gasteiger partial charge is 0.322 e. The van der Waals surface area contributed by atoms with Gasteiger partial charge >= 0.3 is 5.97 Å². The van der Waals surface area contributed by atoms with Gasteiger partial charge in [-0.1, -0.05) is 0 Å². The first-order valence-corrected chi connectivity index (χ1v) is 6.67. The summed E-state index contributed by atoms with van der Waals surface area (Å²) in [5, 5.41) is 18.2. The molecule has 0 bridgehead atoms. The molecule has 0 saturated carbocycles. The third kappa shape index (κ3) is 2.11. The maximum absolute atomic E-state index is 12.2. The average molecular weight is 275 g/mol. The number of aromatic nitrogens is 2. The summed E-state index contributed by atoms with van der Waals surface area (Å²) in [6.45, 7) is -0.226. The summed E-state index contributed by atoms with van der Waals surface area (Å²) in [7, 11) is -2.37. The van der Waals surface area contributed by atoms with Gasteiger partial charge in [-0.25, -0.2) is 13.4 Å². The van der Waals surface area contributed by atoms with Gasteiger partial charge in [-0.15, -0.1) is 0 Å². The second-order valence-electron chi connectivity index (χ2n) is 4.20. The van der Waals surface area contributed by atoms with Crippen molar-refractivity contribution in [2.45, 2.75) is 23.6 Å². The Morgan fingerprint density at radius 1 is 1.56 bits per heavy atom. The molecular weight excluding hydrogens is 262 g/mol. The lowest BCUT2D eigenvalue weighted by molar-refractivity contribution is -0.140. The molecule has 2 N–H and O–H groups in total. The van der Waals surface area contributed by atoms with Crippen molar-refractivity contribution >= 4 is 16.0 Å². The van der Waals surface area contributed by atoms with Gasteiger partial charge in [-0.2, -0.15) is 4.31 Å². The number of aliphatic hydroxyl groups is 1. The van der Waals surface area contributed by atoms with Crippen LogP contribution in [0.15, 0.2) is 17.6 Å². The Bertz CT molecular complexity index is 567. The van der Waals surface area contributed by atoms with Crippen LogP contribution in [0.4, 0.5) is 0 Å². The van der Waals surface area contributed by atoms with Gasteiger partial charge in [0.05, 0.1) is 12.4 Å². The molecule has 2 heterocycles. The zero-order valence-corrected chi connectivity index (χ0v) is 10.4. The molecule has 0 amide bonds. The minimum absolute atomic E-state index is 0.110. The molecule has 1 fully saturated rings. The van der Waals surface area contributed by atoms with E-state index in [4.69, 9.17) is 5.11 Å². The molecule has 0 spiro atoms. The highest BCUT2D eigenvalue weighted by Crippen LogP contribution is 2.25. The van der Waals surface area contributed by atoms with E-state index in [1.807, 2.05) is 0 Å². The third-order valence-electron chi connectivity index (χ3n) is 2.77. The molecular formula is C9H13N3O5S. The lowest BCUT2D eigenvalue weighted by Gasteiger charge is -2.19. The van der Waals surface area contributed by atoms with Crippen LogP contribution in [0.3, 0.4) is 0 Å². The van der Waals surface area contributed by atoms with E-state index in [9.17, 15) is 18.3 Å². The molecule has 1 aliphatic heterocycles. The van der Waals surface area contributed by atoms with Gasteiger partial charge in [-0.05, 0) is 0 Å². The molecule has 100 valence electrons. The lowest BCUT2D eigenvalue weighted by Crippen LogP contribution is -2.40. The number of aryl methyl sites for hydroxylation is 1. The van der Waals surface area contributed by atoms with Crippen LogP contribution in [0.25, 0.3) is 0 Å². The summed E-state index contributed by atoms with van der Waals surface area (Å²) in [4.78, 5) is 14.7. The number of β-amino-alcohol motifs (C(OH)–C–C–N with tert-alkyl or cyclic N) is 1. The molecule has 0 unspecified atom stereocenters. The first-order chi connectivity index (χ1) is 8.32. The van der Waals surface area contributed by atoms with Crippen molar-refractivity contribution in [1.29, 1.82) is 0 Å². The van der Waals surface area contributed by atoms with Crippen molar-refractivity contribution in [1.82, 2.24) is 13.9 Å². The first-order valence-electron chi connectivity index (χ1n) is 5.23. The number of hydrogen-bond donors (Lipinski definition) is 2. The number of aliphatic carboxylic acids is 1. The summed E-state index contributed by atoms with van der Waals surface area (Å²) < 4.78 is 26.6. The molecule has 2 atom stereocenters. The normalized spacial score (nSPS) is 25.4. The van der Waals surface area contributed by atoms with Crippen LogP contribution in [0.1, 0.15) is 6.42 Å². The van der Waals surface area contributed by atoms with Gasteiger partial charge in [0, 0.05) is 26.2 Å². The Morgan fingerprint density at radius 2 is 2.22 bits per heavy atom. The summed E-state index contributed by atoms with van der Waals surface area (Å²) in [5.41, 5.74) is 0. The summed E-state index contributed by atoms with van der Waals surface area (Å²) in [6.07, 6.45) is 1.53. The van der Waals surface area contributed by atoms with Gasteiger partial charge in [0.25, 0.3) is 10.0 Å². The average Bonchev–Trinajstić information content (AvgIpc) is 2.84. The van der Waals surface area contributed by atoms with Crippen LogP contribution in [0, 0.1) is 0 Å². The molecule has 0 aliphatic carbocycles. The van der Waals surface area contributed by atoms with Crippen molar-refractivity contribution in [3.05, 3.63) is 12.5 Å². The number of hydrogen-bond acceptors (Lipinski definition) is 5. The van der Waals surface area contributed by atoms with E-state index in [0.29, 0.717) is 0 Å². The minimum atomic E-state index is -3.98. The number of aliphatic hydroxyl groups excluding tert-OH is 1. The van der Waals surface area contributed by atoms with Crippen LogP contribution in [-0.4, -0.2) is 57.1 Å². The molecule has 9 heteroatoms. The second-order valence-corrected chi connectivity index (χ2v) is 6.03. The standard InChI is InChI=1S/C9H13N3O5S/c1-11-4-8(10-5-11)18(16,17)12-3-6(13)2-7(12)9(14)15/h4-7,13H,2-3H2,1H3,(H,14,15)/t6-,7-/m0/s1. The van der Waals surface area contributed by atoms with Crippen molar-refractivity contribution in [2.24, 2.45) is 7.05 Å². The Kier molecular flexibility index (Phi) is 3.13. The molecule has 1 aromatic heterocycles. The highest BCUT2D eigenvalue weighted by molar-refractivity contribution is 7.89. The number of imidazole rings is 1. The van der Waals surface area contributed by atoms with Crippen molar-refractivity contribution in [3.63, 3.8) is 0 Å². The van der Waals surface area contributed by atoms with Gasteiger partial charge in [0.1, 0.15) is 6.04 Å². The fourth-order valence-electron chi connectivity index (χ4n) is 1.92. The van der Waals surface area contributed by atoms with Crippen molar-refractivity contribution in [2.75, 3.05) is 6.54 Å². The van der Waals surface area contributed by atoms with E-state index in [1.54, 1.807) is 7.05 Å². The number of carboxylic acids is 1. The fraction of sp³-hybridized carbons (Fsp3) is 0.556. The lowest BCUT2D eigenvalue weighted by atomic mass is 10.2. The Hall–Kier alpha value is -1.45. The van der Waals surface area contributed by atoms with Crippen LogP contribution in [0.2, 0.25) is 0 Å². The SMILES string of the molecule is Cn1cnc(S(=O)(=O)N2C[C@@H](O)C[C@H]2C(=O)O)c1. The highest BCUT2D eigenvalue weighted by Gasteiger charge is 2.44. The van der Waals surface area contributed by atoms with Crippen LogP contribution >= 0.6 is 0 Å². The zero-order chi connectivity index (χ0) is 13.5. The topological polar surface area (TPSA) is 113 Å². The Labute approximate surface area is 104 Å². The number of nitrogens with zero attached hydrogens (tertiary/aromatic N) is 3. The van der Waals surface area contributed by atoms with E-state index >= 15 is 0 Å². The largest absolute Gasteiger partial charge is 0.480 e. The van der Waals surface area contributed by atoms with Crippen molar-refractivity contribution < 1.29 is 23.4 Å². The number of carbonyl (C=O) groups is 1. The fourth-order valence-corrected chi connectivity index (χ4v) is 3.52. The summed E-state index contributed by atoms with van der Waals surface area (Å²) >= 11 is 0. The minimum Gasteiger partial charge on any atom is -0.480 e. The van der Waals surface area contributed by atoms with Gasteiger partial charge in [0.2, 0.25) is 0 Å². The monoisotopic (exact) mass is 275 g/mol. The molecule has 1 saturated heterocycles. The van der Waals surface area contributed by atoms with E-state index in [2.05, 4.69) is 4.98 Å². The van der Waals surface area contributed by atoms with Crippen LogP contribution < -0.4 is 0 Å². The maximum atomic E-state index is 12.2. The van der Waals surface area contributed by atoms with E-state index < -0.39 is 28.1 Å². The predicted molar refractivity (Wildman–Crippen MR) is 59.1 cm³/mol. The molecule has 8 nitrogen and oxygen atoms in total. The molecule has 18 heavy (non-hydrogen) atoms. The number of carboxylic acid groups (broad SMARTS) is 1. The Morgan fingerprint density at radius 3 is 2.72 bits per heavy atom.